The number of hydrogen-bond acceptors (Lipinski definition) is 2. The number of fused-ring (bicyclic) bond motifs is 1. The lowest BCUT2D eigenvalue weighted by Gasteiger charge is -2.15. The molecule has 1 N–H and O–H groups in total. The molecule has 0 saturated heterocycles. The van der Waals surface area contributed by atoms with E-state index in [2.05, 4.69) is 4.98 Å². The van der Waals surface area contributed by atoms with Gasteiger partial charge in [-0.25, -0.2) is 14.3 Å². The summed E-state index contributed by atoms with van der Waals surface area (Å²) in [5.74, 6) is 0.228. The zero-order valence-corrected chi connectivity index (χ0v) is 14.0. The second-order valence-corrected chi connectivity index (χ2v) is 6.66. The van der Waals surface area contributed by atoms with Crippen molar-refractivity contribution in [2.45, 2.75) is 24.9 Å². The van der Waals surface area contributed by atoms with E-state index in [0.29, 0.717) is 5.39 Å². The molecule has 4 nitrogen and oxygen atoms in total. The molecule has 2 aromatic heterocycles. The van der Waals surface area contributed by atoms with Crippen LogP contribution in [0.3, 0.4) is 0 Å². The molecular formula is C18H12ClF3N2O2. The molecule has 1 fully saturated rings. The minimum atomic E-state index is -4.61. The highest BCUT2D eigenvalue weighted by molar-refractivity contribution is 6.29. The molecule has 0 spiro atoms. The number of carboxylic acid groups (broad SMARTS) is 1. The molecule has 2 heterocycles. The van der Waals surface area contributed by atoms with E-state index >= 15 is 0 Å². The number of halogens is 4. The van der Waals surface area contributed by atoms with E-state index in [1.165, 1.54) is 30.3 Å². The van der Waals surface area contributed by atoms with Gasteiger partial charge in [-0.05, 0) is 54.7 Å². The number of carbonyl (C=O) groups is 1. The Morgan fingerprint density at radius 2 is 1.92 bits per heavy atom. The summed E-state index contributed by atoms with van der Waals surface area (Å²) in [6.07, 6.45) is -4.19. The monoisotopic (exact) mass is 380 g/mol. The van der Waals surface area contributed by atoms with Gasteiger partial charge in [0.15, 0.2) is 5.65 Å². The van der Waals surface area contributed by atoms with E-state index in [4.69, 9.17) is 11.6 Å². The summed E-state index contributed by atoms with van der Waals surface area (Å²) in [4.78, 5) is 15.7. The molecule has 26 heavy (non-hydrogen) atoms. The van der Waals surface area contributed by atoms with Crippen molar-refractivity contribution in [3.63, 3.8) is 0 Å². The molecule has 1 saturated carbocycles. The fourth-order valence-electron chi connectivity index (χ4n) is 3.14. The number of benzene rings is 1. The van der Waals surface area contributed by atoms with Crippen LogP contribution < -0.4 is 0 Å². The van der Waals surface area contributed by atoms with Crippen LogP contribution in [0.1, 0.15) is 29.9 Å². The summed E-state index contributed by atoms with van der Waals surface area (Å²) in [5.41, 5.74) is -0.333. The van der Waals surface area contributed by atoms with Crippen molar-refractivity contribution >= 4 is 28.7 Å². The minimum Gasteiger partial charge on any atom is -0.464 e. The maximum Gasteiger partial charge on any atom is 0.417 e. The van der Waals surface area contributed by atoms with Crippen LogP contribution in [0.5, 0.6) is 0 Å². The Hall–Kier alpha value is -2.54. The van der Waals surface area contributed by atoms with Crippen molar-refractivity contribution in [1.29, 1.82) is 0 Å². The van der Waals surface area contributed by atoms with Gasteiger partial charge in [-0.3, -0.25) is 0 Å². The largest absolute Gasteiger partial charge is 0.464 e. The van der Waals surface area contributed by atoms with Gasteiger partial charge in [0, 0.05) is 10.9 Å². The van der Waals surface area contributed by atoms with Gasteiger partial charge >= 0.3 is 12.3 Å². The fourth-order valence-corrected chi connectivity index (χ4v) is 3.28. The SMILES string of the molecule is O=C(O)n1c(-c2cc(C3CC3)ccc2C(F)(F)F)cc2ccc(Cl)nc21. The number of alkyl halides is 3. The first-order valence-electron chi connectivity index (χ1n) is 7.88. The number of rotatable bonds is 2. The highest BCUT2D eigenvalue weighted by Crippen LogP contribution is 2.45. The maximum absolute atomic E-state index is 13.5. The highest BCUT2D eigenvalue weighted by Gasteiger charge is 2.36. The molecule has 1 aliphatic rings. The summed E-state index contributed by atoms with van der Waals surface area (Å²) in [5, 5.41) is 10.1. The van der Waals surface area contributed by atoms with E-state index in [1.807, 2.05) is 0 Å². The van der Waals surface area contributed by atoms with Crippen LogP contribution in [-0.2, 0) is 6.18 Å². The van der Waals surface area contributed by atoms with Crippen molar-refractivity contribution < 1.29 is 23.1 Å². The Labute approximate surface area is 150 Å². The molecule has 8 heteroatoms. The zero-order valence-electron chi connectivity index (χ0n) is 13.2. The lowest BCUT2D eigenvalue weighted by molar-refractivity contribution is -0.137. The summed E-state index contributed by atoms with van der Waals surface area (Å²) >= 11 is 5.83. The van der Waals surface area contributed by atoms with E-state index in [9.17, 15) is 23.1 Å². The Morgan fingerprint density at radius 3 is 2.54 bits per heavy atom. The lowest BCUT2D eigenvalue weighted by atomic mass is 9.98. The van der Waals surface area contributed by atoms with Gasteiger partial charge in [-0.15, -0.1) is 0 Å². The molecular weight excluding hydrogens is 369 g/mol. The Balaban J connectivity index is 2.04. The van der Waals surface area contributed by atoms with Gasteiger partial charge in [0.05, 0.1) is 11.3 Å². The predicted octanol–water partition coefficient (Wildman–Crippen LogP) is 5.78. The quantitative estimate of drug-likeness (QED) is 0.573. The average Bonchev–Trinajstić information content (AvgIpc) is 3.33. The molecule has 0 bridgehead atoms. The Kier molecular flexibility index (Phi) is 3.73. The van der Waals surface area contributed by atoms with Gasteiger partial charge in [-0.2, -0.15) is 13.2 Å². The molecule has 0 atom stereocenters. The van der Waals surface area contributed by atoms with Gasteiger partial charge in [0.25, 0.3) is 0 Å². The topological polar surface area (TPSA) is 55.1 Å². The fraction of sp³-hybridized carbons (Fsp3) is 0.222. The van der Waals surface area contributed by atoms with Crippen molar-refractivity contribution in [1.82, 2.24) is 9.55 Å². The first-order valence-corrected chi connectivity index (χ1v) is 8.26. The number of aromatic nitrogens is 2. The molecule has 4 rings (SSSR count). The average molecular weight is 381 g/mol. The van der Waals surface area contributed by atoms with Gasteiger partial charge in [0.2, 0.25) is 0 Å². The summed E-state index contributed by atoms with van der Waals surface area (Å²) < 4.78 is 41.4. The number of pyridine rings is 1. The van der Waals surface area contributed by atoms with Crippen LogP contribution in [0.2, 0.25) is 5.15 Å². The van der Waals surface area contributed by atoms with Crippen LogP contribution in [0.4, 0.5) is 18.0 Å². The highest BCUT2D eigenvalue weighted by atomic mass is 35.5. The minimum absolute atomic E-state index is 0.00458. The van der Waals surface area contributed by atoms with Crippen LogP contribution in [0.25, 0.3) is 22.3 Å². The van der Waals surface area contributed by atoms with E-state index in [-0.39, 0.29) is 28.0 Å². The maximum atomic E-state index is 13.5. The third kappa shape index (κ3) is 2.82. The standard InChI is InChI=1S/C18H12ClF3N2O2/c19-15-6-4-11-8-14(24(17(25)26)16(11)23-15)12-7-10(9-1-2-9)3-5-13(12)18(20,21)22/h3-9H,1-2H2,(H,25,26). The van der Waals surface area contributed by atoms with Gasteiger partial charge in [0.1, 0.15) is 5.15 Å². The van der Waals surface area contributed by atoms with Crippen LogP contribution in [0, 0.1) is 0 Å². The Bertz CT molecular complexity index is 1040. The molecule has 134 valence electrons. The van der Waals surface area contributed by atoms with Crippen molar-refractivity contribution in [3.05, 3.63) is 52.7 Å². The van der Waals surface area contributed by atoms with Crippen molar-refractivity contribution in [2.75, 3.05) is 0 Å². The molecule has 0 amide bonds. The van der Waals surface area contributed by atoms with Crippen molar-refractivity contribution in [2.24, 2.45) is 0 Å². The van der Waals surface area contributed by atoms with Gasteiger partial charge in [-0.1, -0.05) is 17.7 Å². The number of hydrogen-bond donors (Lipinski definition) is 1. The second kappa shape index (κ2) is 5.74. The zero-order chi connectivity index (χ0) is 18.6. The third-order valence-corrected chi connectivity index (χ3v) is 4.69. The summed E-state index contributed by atoms with van der Waals surface area (Å²) in [7, 11) is 0. The Morgan fingerprint density at radius 1 is 1.19 bits per heavy atom. The molecule has 3 aromatic rings. The summed E-state index contributed by atoms with van der Waals surface area (Å²) in [6, 6.07) is 8.32. The first kappa shape index (κ1) is 16.9. The van der Waals surface area contributed by atoms with E-state index in [0.717, 1.165) is 29.0 Å². The van der Waals surface area contributed by atoms with Gasteiger partial charge < -0.3 is 5.11 Å². The number of nitrogens with zero attached hydrogens (tertiary/aromatic N) is 2. The first-order chi connectivity index (χ1) is 12.3. The van der Waals surface area contributed by atoms with E-state index in [1.54, 1.807) is 0 Å². The predicted molar refractivity (Wildman–Crippen MR) is 90.6 cm³/mol. The normalized spacial score (nSPS) is 14.8. The smallest absolute Gasteiger partial charge is 0.417 e. The molecule has 1 aliphatic carbocycles. The third-order valence-electron chi connectivity index (χ3n) is 4.48. The molecule has 0 aliphatic heterocycles. The van der Waals surface area contributed by atoms with Crippen LogP contribution >= 0.6 is 11.6 Å². The van der Waals surface area contributed by atoms with Crippen molar-refractivity contribution in [3.8, 4) is 11.3 Å². The van der Waals surface area contributed by atoms with E-state index < -0.39 is 17.8 Å². The molecule has 1 aromatic carbocycles. The molecule has 0 unspecified atom stereocenters. The van der Waals surface area contributed by atoms with Crippen LogP contribution in [0.15, 0.2) is 36.4 Å². The molecule has 0 radical (unpaired) electrons. The summed E-state index contributed by atoms with van der Waals surface area (Å²) in [6.45, 7) is 0. The van der Waals surface area contributed by atoms with Crippen LogP contribution in [-0.4, -0.2) is 20.8 Å². The lowest BCUT2D eigenvalue weighted by Crippen LogP contribution is -2.13. The second-order valence-electron chi connectivity index (χ2n) is 6.27.